The molecule has 2 amide bonds. The van der Waals surface area contributed by atoms with Crippen molar-refractivity contribution in [2.75, 3.05) is 10.6 Å². The molecule has 0 radical (unpaired) electrons. The maximum Gasteiger partial charge on any atom is 0.319 e. The number of nitrogens with zero attached hydrogens (tertiary/aromatic N) is 1. The number of nitrogens with one attached hydrogen (secondary N) is 3. The minimum Gasteiger partial charge on any atom is -0.457 e. The number of carbonyl (C=O) groups is 1. The van der Waals surface area contributed by atoms with E-state index >= 15 is 0 Å². The molecule has 27 heavy (non-hydrogen) atoms. The van der Waals surface area contributed by atoms with E-state index in [0.29, 0.717) is 17.5 Å². The first kappa shape index (κ1) is 16.9. The highest BCUT2D eigenvalue weighted by Gasteiger charge is 2.23. The average molecular weight is 360 g/mol. The largest absolute Gasteiger partial charge is 0.457 e. The van der Waals surface area contributed by atoms with Crippen LogP contribution in [-0.2, 0) is 0 Å². The van der Waals surface area contributed by atoms with Crippen LogP contribution in [0.15, 0.2) is 72.9 Å². The zero-order valence-electron chi connectivity index (χ0n) is 14.7. The molecule has 1 aliphatic carbocycles. The van der Waals surface area contributed by atoms with Gasteiger partial charge in [0.25, 0.3) is 0 Å². The van der Waals surface area contributed by atoms with Gasteiger partial charge in [-0.2, -0.15) is 0 Å². The van der Waals surface area contributed by atoms with E-state index in [1.165, 1.54) is 0 Å². The Balaban J connectivity index is 1.32. The van der Waals surface area contributed by atoms with Crippen LogP contribution in [0.25, 0.3) is 0 Å². The maximum absolute atomic E-state index is 11.7. The predicted molar refractivity (Wildman–Crippen MR) is 106 cm³/mol. The normalized spacial score (nSPS) is 12.9. The van der Waals surface area contributed by atoms with Crippen LogP contribution in [-0.4, -0.2) is 17.1 Å². The van der Waals surface area contributed by atoms with E-state index in [1.807, 2.05) is 66.7 Å². The lowest BCUT2D eigenvalue weighted by Crippen LogP contribution is -2.30. The first-order chi connectivity index (χ1) is 13.2. The third-order valence-corrected chi connectivity index (χ3v) is 4.04. The molecule has 0 bridgehead atoms. The Bertz CT molecular complexity index is 892. The number of benzene rings is 2. The van der Waals surface area contributed by atoms with Crippen LogP contribution in [0.2, 0.25) is 0 Å². The Morgan fingerprint density at radius 1 is 0.889 bits per heavy atom. The lowest BCUT2D eigenvalue weighted by atomic mass is 10.3. The zero-order valence-corrected chi connectivity index (χ0v) is 14.7. The summed E-state index contributed by atoms with van der Waals surface area (Å²) in [5.41, 5.74) is 1.56. The zero-order chi connectivity index (χ0) is 18.5. The summed E-state index contributed by atoms with van der Waals surface area (Å²) in [6.45, 7) is 0. The molecule has 1 aromatic heterocycles. The van der Waals surface area contributed by atoms with Gasteiger partial charge in [-0.3, -0.25) is 0 Å². The van der Waals surface area contributed by atoms with Crippen molar-refractivity contribution in [2.45, 2.75) is 18.9 Å². The van der Waals surface area contributed by atoms with Crippen LogP contribution < -0.4 is 20.7 Å². The van der Waals surface area contributed by atoms with Gasteiger partial charge in [0.05, 0.1) is 11.9 Å². The molecule has 2 aromatic carbocycles. The summed E-state index contributed by atoms with van der Waals surface area (Å²) in [6, 6.07) is 21.1. The number of ether oxygens (including phenoxy) is 1. The number of anilines is 3. The van der Waals surface area contributed by atoms with Gasteiger partial charge < -0.3 is 20.7 Å². The summed E-state index contributed by atoms with van der Waals surface area (Å²) in [4.78, 5) is 16.1. The molecule has 0 saturated heterocycles. The predicted octanol–water partition coefficient (Wildman–Crippen LogP) is 4.90. The fourth-order valence-corrected chi connectivity index (χ4v) is 2.50. The number of aromatic nitrogens is 1. The molecule has 3 N–H and O–H groups in total. The molecule has 1 saturated carbocycles. The third kappa shape index (κ3) is 4.98. The Morgan fingerprint density at radius 3 is 2.26 bits per heavy atom. The van der Waals surface area contributed by atoms with Gasteiger partial charge in [-0.15, -0.1) is 0 Å². The fourth-order valence-electron chi connectivity index (χ4n) is 2.50. The smallest absolute Gasteiger partial charge is 0.319 e. The molecule has 0 spiro atoms. The van der Waals surface area contributed by atoms with Gasteiger partial charge in [0.15, 0.2) is 0 Å². The van der Waals surface area contributed by atoms with Gasteiger partial charge in [-0.05, 0) is 61.4 Å². The minimum atomic E-state index is -0.186. The summed E-state index contributed by atoms with van der Waals surface area (Å²) >= 11 is 0. The van der Waals surface area contributed by atoms with Gasteiger partial charge in [-0.25, -0.2) is 9.78 Å². The van der Waals surface area contributed by atoms with Crippen molar-refractivity contribution in [3.8, 4) is 11.5 Å². The Morgan fingerprint density at radius 2 is 1.59 bits per heavy atom. The van der Waals surface area contributed by atoms with E-state index in [4.69, 9.17) is 4.74 Å². The summed E-state index contributed by atoms with van der Waals surface area (Å²) in [5, 5.41) is 8.87. The molecule has 6 nitrogen and oxygen atoms in total. The second-order valence-electron chi connectivity index (χ2n) is 6.37. The van der Waals surface area contributed by atoms with Crippen molar-refractivity contribution in [1.29, 1.82) is 0 Å². The van der Waals surface area contributed by atoms with Crippen molar-refractivity contribution >= 4 is 23.2 Å². The molecule has 1 aliphatic rings. The molecule has 1 heterocycles. The van der Waals surface area contributed by atoms with E-state index in [0.717, 1.165) is 30.0 Å². The van der Waals surface area contributed by atoms with E-state index in [9.17, 15) is 4.79 Å². The highest BCUT2D eigenvalue weighted by Crippen LogP contribution is 2.24. The maximum atomic E-state index is 11.7. The van der Waals surface area contributed by atoms with Gasteiger partial charge in [0, 0.05) is 11.7 Å². The van der Waals surface area contributed by atoms with Crippen LogP contribution in [0.3, 0.4) is 0 Å². The van der Waals surface area contributed by atoms with Crippen LogP contribution in [0.5, 0.6) is 11.5 Å². The second-order valence-corrected chi connectivity index (χ2v) is 6.37. The SMILES string of the molecule is O=C(Nc1ccc(Nc2ccc(Oc3ccccc3)cc2)nc1)NC1CC1. The van der Waals surface area contributed by atoms with E-state index in [1.54, 1.807) is 6.20 Å². The van der Waals surface area contributed by atoms with E-state index in [-0.39, 0.29) is 6.03 Å². The Kier molecular flexibility index (Phi) is 4.87. The number of para-hydroxylation sites is 1. The van der Waals surface area contributed by atoms with Gasteiger partial charge in [0.1, 0.15) is 17.3 Å². The lowest BCUT2D eigenvalue weighted by molar-refractivity contribution is 0.251. The van der Waals surface area contributed by atoms with Gasteiger partial charge >= 0.3 is 6.03 Å². The standard InChI is InChI=1S/C21H20N4O2/c26-21(24-16-6-7-16)25-17-10-13-20(22-14-17)23-15-8-11-19(12-9-15)27-18-4-2-1-3-5-18/h1-5,8-14,16H,6-7H2,(H,22,23)(H2,24,25,26). The van der Waals surface area contributed by atoms with Crippen LogP contribution in [0, 0.1) is 0 Å². The molecular weight excluding hydrogens is 340 g/mol. The molecular formula is C21H20N4O2. The van der Waals surface area contributed by atoms with E-state index in [2.05, 4.69) is 20.9 Å². The number of amides is 2. The third-order valence-electron chi connectivity index (χ3n) is 4.04. The Hall–Kier alpha value is -3.54. The van der Waals surface area contributed by atoms with Gasteiger partial charge in [0.2, 0.25) is 0 Å². The highest BCUT2D eigenvalue weighted by molar-refractivity contribution is 5.89. The van der Waals surface area contributed by atoms with Crippen molar-refractivity contribution < 1.29 is 9.53 Å². The Labute approximate surface area is 157 Å². The molecule has 3 aromatic rings. The molecule has 0 aliphatic heterocycles. The van der Waals surface area contributed by atoms with Crippen LogP contribution in [0.4, 0.5) is 22.0 Å². The van der Waals surface area contributed by atoms with Crippen LogP contribution >= 0.6 is 0 Å². The number of hydrogen-bond acceptors (Lipinski definition) is 4. The molecule has 136 valence electrons. The van der Waals surface area contributed by atoms with Crippen LogP contribution in [0.1, 0.15) is 12.8 Å². The van der Waals surface area contributed by atoms with Crippen molar-refractivity contribution in [3.05, 3.63) is 72.9 Å². The number of rotatable bonds is 6. The summed E-state index contributed by atoms with van der Waals surface area (Å²) in [6.07, 6.45) is 3.75. The quantitative estimate of drug-likeness (QED) is 0.584. The summed E-state index contributed by atoms with van der Waals surface area (Å²) < 4.78 is 5.78. The van der Waals surface area contributed by atoms with Crippen molar-refractivity contribution in [1.82, 2.24) is 10.3 Å². The first-order valence-corrected chi connectivity index (χ1v) is 8.88. The van der Waals surface area contributed by atoms with E-state index < -0.39 is 0 Å². The lowest BCUT2D eigenvalue weighted by Gasteiger charge is -2.09. The fraction of sp³-hybridized carbons (Fsp3) is 0.143. The topological polar surface area (TPSA) is 75.3 Å². The molecule has 0 atom stereocenters. The number of carbonyl (C=O) groups excluding carboxylic acids is 1. The van der Waals surface area contributed by atoms with Gasteiger partial charge in [-0.1, -0.05) is 18.2 Å². The minimum absolute atomic E-state index is 0.186. The number of urea groups is 1. The number of hydrogen-bond donors (Lipinski definition) is 3. The first-order valence-electron chi connectivity index (χ1n) is 8.88. The highest BCUT2D eigenvalue weighted by atomic mass is 16.5. The number of pyridine rings is 1. The summed E-state index contributed by atoms with van der Waals surface area (Å²) in [7, 11) is 0. The molecule has 0 unspecified atom stereocenters. The summed E-state index contributed by atoms with van der Waals surface area (Å²) in [5.74, 6) is 2.26. The monoisotopic (exact) mass is 360 g/mol. The molecule has 1 fully saturated rings. The average Bonchev–Trinajstić information content (AvgIpc) is 3.50. The molecule has 4 rings (SSSR count). The van der Waals surface area contributed by atoms with Crippen molar-refractivity contribution in [3.63, 3.8) is 0 Å². The van der Waals surface area contributed by atoms with Crippen molar-refractivity contribution in [2.24, 2.45) is 0 Å². The molecule has 6 heteroatoms. The second kappa shape index (κ2) is 7.78.